The smallest absolute Gasteiger partial charge is 0.269 e. The van der Waals surface area contributed by atoms with Crippen LogP contribution in [0.5, 0.6) is 0 Å². The van der Waals surface area contributed by atoms with Crippen LogP contribution in [0.25, 0.3) is 5.69 Å². The van der Waals surface area contributed by atoms with Gasteiger partial charge in [-0.1, -0.05) is 15.9 Å². The van der Waals surface area contributed by atoms with Gasteiger partial charge in [-0.15, -0.1) is 10.2 Å². The molecule has 3 rings (SSSR count). The van der Waals surface area contributed by atoms with Crippen molar-refractivity contribution < 1.29 is 13.2 Å². The second kappa shape index (κ2) is 4.73. The van der Waals surface area contributed by atoms with E-state index in [0.717, 1.165) is 18.9 Å². The molecule has 106 valence electrons. The SMILES string of the molecule is FC(F)(F)c1cc(Br)ccc1-n1c(Cl)nnc1C1CC1. The highest BCUT2D eigenvalue weighted by Crippen LogP contribution is 2.43. The largest absolute Gasteiger partial charge is 0.418 e. The first-order chi connectivity index (χ1) is 9.38. The normalized spacial score (nSPS) is 15.7. The molecule has 8 heteroatoms. The third-order valence-corrected chi connectivity index (χ3v) is 3.83. The summed E-state index contributed by atoms with van der Waals surface area (Å²) < 4.78 is 41.2. The van der Waals surface area contributed by atoms with Crippen molar-refractivity contribution >= 4 is 27.5 Å². The van der Waals surface area contributed by atoms with Crippen molar-refractivity contribution in [1.29, 1.82) is 0 Å². The van der Waals surface area contributed by atoms with Gasteiger partial charge >= 0.3 is 6.18 Å². The van der Waals surface area contributed by atoms with Gasteiger partial charge in [0.25, 0.3) is 0 Å². The quantitative estimate of drug-likeness (QED) is 0.779. The second-order valence-corrected chi connectivity index (χ2v) is 5.85. The zero-order valence-electron chi connectivity index (χ0n) is 9.96. The minimum Gasteiger partial charge on any atom is -0.269 e. The van der Waals surface area contributed by atoms with Gasteiger partial charge in [-0.3, -0.25) is 4.57 Å². The van der Waals surface area contributed by atoms with Gasteiger partial charge in [-0.2, -0.15) is 13.2 Å². The van der Waals surface area contributed by atoms with E-state index in [0.29, 0.717) is 10.3 Å². The number of alkyl halides is 3. The Balaban J connectivity index is 2.22. The van der Waals surface area contributed by atoms with Crippen molar-refractivity contribution in [1.82, 2.24) is 14.8 Å². The average Bonchev–Trinajstić information content (AvgIpc) is 3.13. The number of nitrogens with zero attached hydrogens (tertiary/aromatic N) is 3. The Morgan fingerprint density at radius 3 is 2.55 bits per heavy atom. The van der Waals surface area contributed by atoms with Crippen LogP contribution in [-0.4, -0.2) is 14.8 Å². The fourth-order valence-corrected chi connectivity index (χ4v) is 2.61. The van der Waals surface area contributed by atoms with E-state index in [-0.39, 0.29) is 16.9 Å². The summed E-state index contributed by atoms with van der Waals surface area (Å²) in [6.45, 7) is 0. The monoisotopic (exact) mass is 365 g/mol. The van der Waals surface area contributed by atoms with Crippen LogP contribution in [0.1, 0.15) is 30.1 Å². The molecule has 3 nitrogen and oxygen atoms in total. The van der Waals surface area contributed by atoms with E-state index in [1.165, 1.54) is 16.7 Å². The van der Waals surface area contributed by atoms with E-state index in [9.17, 15) is 13.2 Å². The minimum absolute atomic E-state index is 0.0439. The summed E-state index contributed by atoms with van der Waals surface area (Å²) in [5.74, 6) is 0.627. The van der Waals surface area contributed by atoms with Crippen molar-refractivity contribution in [2.75, 3.05) is 0 Å². The summed E-state index contributed by atoms with van der Waals surface area (Å²) >= 11 is 8.98. The van der Waals surface area contributed by atoms with Crippen molar-refractivity contribution in [3.63, 3.8) is 0 Å². The van der Waals surface area contributed by atoms with Crippen molar-refractivity contribution in [3.8, 4) is 5.69 Å². The molecule has 1 aliphatic carbocycles. The van der Waals surface area contributed by atoms with Crippen molar-refractivity contribution in [2.24, 2.45) is 0 Å². The number of aromatic nitrogens is 3. The summed E-state index contributed by atoms with van der Waals surface area (Å²) in [4.78, 5) is 0. The Morgan fingerprint density at radius 2 is 1.95 bits per heavy atom. The zero-order valence-corrected chi connectivity index (χ0v) is 12.3. The molecule has 0 unspecified atom stereocenters. The van der Waals surface area contributed by atoms with Crippen LogP contribution in [0.15, 0.2) is 22.7 Å². The molecule has 2 aromatic rings. The zero-order chi connectivity index (χ0) is 14.5. The summed E-state index contributed by atoms with van der Waals surface area (Å²) in [5, 5.41) is 7.54. The molecule has 1 aromatic carbocycles. The molecular weight excluding hydrogens is 359 g/mol. The molecule has 0 N–H and O–H groups in total. The third-order valence-electron chi connectivity index (χ3n) is 3.10. The number of benzene rings is 1. The third kappa shape index (κ3) is 2.44. The van der Waals surface area contributed by atoms with Crippen LogP contribution in [0.4, 0.5) is 13.2 Å². The van der Waals surface area contributed by atoms with Crippen molar-refractivity contribution in [2.45, 2.75) is 24.9 Å². The molecule has 0 saturated heterocycles. The molecule has 1 heterocycles. The highest BCUT2D eigenvalue weighted by atomic mass is 79.9. The molecule has 0 aliphatic heterocycles. The number of rotatable bonds is 2. The number of halogens is 5. The Labute approximate surface area is 125 Å². The first kappa shape index (κ1) is 13.9. The van der Waals surface area contributed by atoms with E-state index in [4.69, 9.17) is 11.6 Å². The maximum Gasteiger partial charge on any atom is 0.418 e. The molecule has 0 amide bonds. The van der Waals surface area contributed by atoms with Gasteiger partial charge in [0, 0.05) is 10.4 Å². The lowest BCUT2D eigenvalue weighted by Gasteiger charge is -2.15. The molecule has 1 saturated carbocycles. The van der Waals surface area contributed by atoms with Crippen LogP contribution in [0.2, 0.25) is 5.28 Å². The molecule has 0 bridgehead atoms. The first-order valence-electron chi connectivity index (χ1n) is 5.86. The van der Waals surface area contributed by atoms with E-state index in [1.807, 2.05) is 0 Å². The number of hydrogen-bond donors (Lipinski definition) is 0. The highest BCUT2D eigenvalue weighted by Gasteiger charge is 2.37. The lowest BCUT2D eigenvalue weighted by molar-refractivity contribution is -0.137. The molecule has 20 heavy (non-hydrogen) atoms. The van der Waals surface area contributed by atoms with Crippen LogP contribution in [0, 0.1) is 0 Å². The summed E-state index contributed by atoms with van der Waals surface area (Å²) in [7, 11) is 0. The van der Waals surface area contributed by atoms with E-state index in [2.05, 4.69) is 26.1 Å². The predicted molar refractivity (Wildman–Crippen MR) is 71.0 cm³/mol. The van der Waals surface area contributed by atoms with Gasteiger partial charge < -0.3 is 0 Å². The Morgan fingerprint density at radius 1 is 1.25 bits per heavy atom. The van der Waals surface area contributed by atoms with E-state index < -0.39 is 11.7 Å². The fraction of sp³-hybridized carbons (Fsp3) is 0.333. The summed E-state index contributed by atoms with van der Waals surface area (Å²) in [6.07, 6.45) is -2.69. The Bertz CT molecular complexity index is 664. The first-order valence-corrected chi connectivity index (χ1v) is 7.03. The predicted octanol–water partition coefficient (Wildman–Crippen LogP) is 4.58. The molecule has 0 spiro atoms. The van der Waals surface area contributed by atoms with E-state index >= 15 is 0 Å². The maximum absolute atomic E-state index is 13.2. The van der Waals surface area contributed by atoms with Gasteiger partial charge in [-0.25, -0.2) is 0 Å². The fourth-order valence-electron chi connectivity index (χ4n) is 2.04. The average molecular weight is 367 g/mol. The summed E-state index contributed by atoms with van der Waals surface area (Å²) in [6, 6.07) is 3.94. The maximum atomic E-state index is 13.2. The molecule has 1 aliphatic rings. The standard InChI is InChI=1S/C12H8BrClF3N3/c13-7-3-4-9(8(5-7)12(15,16)17)20-10(6-1-2-6)18-19-11(20)14/h3-6H,1-2H2. The van der Waals surface area contributed by atoms with Gasteiger partial charge in [-0.05, 0) is 42.6 Å². The van der Waals surface area contributed by atoms with Gasteiger partial charge in [0.1, 0.15) is 5.82 Å². The molecular formula is C12H8BrClF3N3. The number of hydrogen-bond acceptors (Lipinski definition) is 2. The van der Waals surface area contributed by atoms with Crippen LogP contribution in [0.3, 0.4) is 0 Å². The van der Waals surface area contributed by atoms with Crippen LogP contribution < -0.4 is 0 Å². The summed E-state index contributed by atoms with van der Waals surface area (Å²) in [5.41, 5.74) is -0.812. The van der Waals surface area contributed by atoms with Gasteiger partial charge in [0.05, 0.1) is 11.3 Å². The van der Waals surface area contributed by atoms with Crippen LogP contribution in [-0.2, 0) is 6.18 Å². The highest BCUT2D eigenvalue weighted by molar-refractivity contribution is 9.10. The van der Waals surface area contributed by atoms with E-state index in [1.54, 1.807) is 0 Å². The molecule has 0 atom stereocenters. The van der Waals surface area contributed by atoms with Gasteiger partial charge in [0.2, 0.25) is 5.28 Å². The molecule has 1 aromatic heterocycles. The minimum atomic E-state index is -4.48. The lowest BCUT2D eigenvalue weighted by Crippen LogP contribution is -2.12. The van der Waals surface area contributed by atoms with Crippen LogP contribution >= 0.6 is 27.5 Å². The topological polar surface area (TPSA) is 30.7 Å². The molecule has 1 fully saturated rings. The Hall–Kier alpha value is -1.08. The van der Waals surface area contributed by atoms with Gasteiger partial charge in [0.15, 0.2) is 0 Å². The Kier molecular flexibility index (Phi) is 3.29. The molecule has 0 radical (unpaired) electrons. The second-order valence-electron chi connectivity index (χ2n) is 4.60. The lowest BCUT2D eigenvalue weighted by atomic mass is 10.1. The van der Waals surface area contributed by atoms with Crippen molar-refractivity contribution in [3.05, 3.63) is 39.3 Å².